The molecule has 1 aromatic heterocycles. The molecule has 27 heavy (non-hydrogen) atoms. The minimum Gasteiger partial charge on any atom is -0.365 e. The zero-order chi connectivity index (χ0) is 19.4. The average Bonchev–Trinajstić information content (AvgIpc) is 2.91. The monoisotopic (exact) mass is 465 g/mol. The van der Waals surface area contributed by atoms with Crippen LogP contribution in [-0.2, 0) is 12.8 Å². The van der Waals surface area contributed by atoms with E-state index in [1.807, 2.05) is 6.07 Å². The predicted octanol–water partition coefficient (Wildman–Crippen LogP) is 4.40. The number of nitrogens with one attached hydrogen (secondary N) is 2. The van der Waals surface area contributed by atoms with Crippen LogP contribution in [0.5, 0.6) is 0 Å². The number of amides is 2. The van der Waals surface area contributed by atoms with Crippen LogP contribution in [0, 0.1) is 0 Å². The van der Waals surface area contributed by atoms with E-state index in [1.165, 1.54) is 22.6 Å². The van der Waals surface area contributed by atoms with Crippen molar-refractivity contribution in [2.24, 2.45) is 5.73 Å². The second-order valence-electron chi connectivity index (χ2n) is 6.37. The Hall–Kier alpha value is -1.77. The van der Waals surface area contributed by atoms with Crippen LogP contribution in [0.2, 0.25) is 0 Å². The molecule has 0 saturated carbocycles. The third-order valence-electron chi connectivity index (χ3n) is 4.49. The molecule has 0 spiro atoms. The first-order valence-electron chi connectivity index (χ1n) is 8.78. The summed E-state index contributed by atoms with van der Waals surface area (Å²) in [6.07, 6.45) is 6.31. The highest BCUT2D eigenvalue weighted by atomic mass is 79.9. The van der Waals surface area contributed by atoms with Gasteiger partial charge in [0.1, 0.15) is 5.00 Å². The van der Waals surface area contributed by atoms with Crippen LogP contribution >= 0.6 is 39.5 Å². The fraction of sp³-hybridized carbons (Fsp3) is 0.316. The van der Waals surface area contributed by atoms with Gasteiger partial charge in [0.05, 0.1) is 11.1 Å². The van der Waals surface area contributed by atoms with Gasteiger partial charge in [-0.05, 0) is 71.5 Å². The molecule has 1 aliphatic carbocycles. The molecule has 2 aromatic rings. The van der Waals surface area contributed by atoms with Crippen LogP contribution in [0.1, 0.15) is 56.8 Å². The minimum absolute atomic E-state index is 0.146. The van der Waals surface area contributed by atoms with Gasteiger partial charge in [-0.15, -0.1) is 11.3 Å². The molecular formula is C19H20BrN3O2S2. The van der Waals surface area contributed by atoms with Crippen molar-refractivity contribution >= 4 is 61.4 Å². The smallest absolute Gasteiger partial charge is 0.258 e. The van der Waals surface area contributed by atoms with E-state index in [2.05, 4.69) is 26.6 Å². The Morgan fingerprint density at radius 2 is 1.81 bits per heavy atom. The highest BCUT2D eigenvalue weighted by Gasteiger charge is 2.23. The first-order chi connectivity index (χ1) is 13.0. The number of hydrogen-bond donors (Lipinski definition) is 3. The van der Waals surface area contributed by atoms with Crippen molar-refractivity contribution < 1.29 is 9.59 Å². The topological polar surface area (TPSA) is 84.2 Å². The van der Waals surface area contributed by atoms with Gasteiger partial charge in [-0.3, -0.25) is 14.9 Å². The minimum atomic E-state index is -0.462. The summed E-state index contributed by atoms with van der Waals surface area (Å²) >= 11 is 10.2. The van der Waals surface area contributed by atoms with Gasteiger partial charge in [-0.2, -0.15) is 0 Å². The summed E-state index contributed by atoms with van der Waals surface area (Å²) in [5.74, 6) is -0.786. The van der Waals surface area contributed by atoms with E-state index in [0.29, 0.717) is 20.6 Å². The number of benzene rings is 1. The van der Waals surface area contributed by atoms with Crippen molar-refractivity contribution in [2.75, 3.05) is 5.32 Å². The van der Waals surface area contributed by atoms with Gasteiger partial charge in [0, 0.05) is 9.35 Å². The van der Waals surface area contributed by atoms with Gasteiger partial charge >= 0.3 is 0 Å². The number of hydrogen-bond acceptors (Lipinski definition) is 4. The van der Waals surface area contributed by atoms with Gasteiger partial charge in [0.25, 0.3) is 11.8 Å². The molecule has 0 bridgehead atoms. The van der Waals surface area contributed by atoms with Gasteiger partial charge in [0.2, 0.25) is 0 Å². The van der Waals surface area contributed by atoms with E-state index in [9.17, 15) is 9.59 Å². The van der Waals surface area contributed by atoms with E-state index < -0.39 is 5.91 Å². The number of fused-ring (bicyclic) bond motifs is 1. The number of aryl methyl sites for hydroxylation is 1. The maximum absolute atomic E-state index is 12.4. The summed E-state index contributed by atoms with van der Waals surface area (Å²) in [6.45, 7) is 0. The molecule has 2 amide bonds. The standard InChI is InChI=1S/C19H20BrN3O2S2/c20-13-9-6-5-7-11(13)17(25)22-19(26)23-18-15(16(21)24)12-8-3-1-2-4-10-14(12)27-18/h5-7,9H,1-4,8,10H2,(H2,21,24)(H2,22,23,25,26). The number of primary amides is 1. The summed E-state index contributed by atoms with van der Waals surface area (Å²) in [4.78, 5) is 25.7. The zero-order valence-corrected chi connectivity index (χ0v) is 17.9. The molecule has 3 rings (SSSR count). The van der Waals surface area contributed by atoms with Crippen LogP contribution < -0.4 is 16.4 Å². The number of halogens is 1. The first-order valence-corrected chi connectivity index (χ1v) is 10.8. The van der Waals surface area contributed by atoms with Gasteiger partial charge in [-0.25, -0.2) is 0 Å². The molecule has 5 nitrogen and oxygen atoms in total. The number of rotatable bonds is 3. The molecule has 0 fully saturated rings. The Labute approximate surface area is 175 Å². The summed E-state index contributed by atoms with van der Waals surface area (Å²) in [6, 6.07) is 7.10. The van der Waals surface area contributed by atoms with Crippen LogP contribution in [0.25, 0.3) is 0 Å². The fourth-order valence-electron chi connectivity index (χ4n) is 3.22. The van der Waals surface area contributed by atoms with Crippen molar-refractivity contribution in [3.05, 3.63) is 50.3 Å². The zero-order valence-electron chi connectivity index (χ0n) is 14.6. The molecule has 8 heteroatoms. The van der Waals surface area contributed by atoms with Crippen LogP contribution in [-0.4, -0.2) is 16.9 Å². The van der Waals surface area contributed by atoms with Gasteiger partial charge < -0.3 is 11.1 Å². The molecule has 0 aliphatic heterocycles. The van der Waals surface area contributed by atoms with Crippen LogP contribution in [0.4, 0.5) is 5.00 Å². The molecule has 142 valence electrons. The average molecular weight is 466 g/mol. The number of anilines is 1. The molecular weight excluding hydrogens is 446 g/mol. The van der Waals surface area contributed by atoms with Crippen molar-refractivity contribution in [3.8, 4) is 0 Å². The number of carbonyl (C=O) groups is 2. The summed E-state index contributed by atoms with van der Waals surface area (Å²) in [5.41, 5.74) is 7.68. The lowest BCUT2D eigenvalue weighted by Gasteiger charge is -2.11. The Balaban J connectivity index is 1.79. The lowest BCUT2D eigenvalue weighted by molar-refractivity contribution is 0.0974. The Kier molecular flexibility index (Phi) is 6.62. The molecule has 0 unspecified atom stereocenters. The third-order valence-corrected chi connectivity index (χ3v) is 6.59. The van der Waals surface area contributed by atoms with Crippen molar-refractivity contribution in [1.29, 1.82) is 0 Å². The molecule has 0 saturated heterocycles. The number of thiophene rings is 1. The maximum atomic E-state index is 12.4. The second kappa shape index (κ2) is 8.95. The third kappa shape index (κ3) is 4.75. The largest absolute Gasteiger partial charge is 0.365 e. The first kappa shape index (κ1) is 20.0. The summed E-state index contributed by atoms with van der Waals surface area (Å²) < 4.78 is 0.683. The summed E-state index contributed by atoms with van der Waals surface area (Å²) in [5, 5.41) is 6.44. The van der Waals surface area contributed by atoms with Crippen molar-refractivity contribution in [1.82, 2.24) is 5.32 Å². The van der Waals surface area contributed by atoms with E-state index in [4.69, 9.17) is 18.0 Å². The van der Waals surface area contributed by atoms with E-state index in [1.54, 1.807) is 18.2 Å². The van der Waals surface area contributed by atoms with Gasteiger partial charge in [-0.1, -0.05) is 25.0 Å². The Morgan fingerprint density at radius 3 is 2.52 bits per heavy atom. The lowest BCUT2D eigenvalue weighted by atomic mass is 9.96. The number of nitrogens with two attached hydrogens (primary N) is 1. The molecule has 1 aromatic carbocycles. The predicted molar refractivity (Wildman–Crippen MR) is 117 cm³/mol. The molecule has 1 heterocycles. The Morgan fingerprint density at radius 1 is 1.11 bits per heavy atom. The van der Waals surface area contributed by atoms with Crippen molar-refractivity contribution in [3.63, 3.8) is 0 Å². The van der Waals surface area contributed by atoms with Gasteiger partial charge in [0.15, 0.2) is 5.11 Å². The molecule has 0 atom stereocenters. The lowest BCUT2D eigenvalue weighted by Crippen LogP contribution is -2.34. The number of thiocarbonyl (C=S) groups is 1. The fourth-order valence-corrected chi connectivity index (χ4v) is 5.24. The summed E-state index contributed by atoms with van der Waals surface area (Å²) in [7, 11) is 0. The maximum Gasteiger partial charge on any atom is 0.258 e. The molecule has 0 radical (unpaired) electrons. The van der Waals surface area contributed by atoms with Crippen LogP contribution in [0.15, 0.2) is 28.7 Å². The normalized spacial score (nSPS) is 13.8. The van der Waals surface area contributed by atoms with Crippen molar-refractivity contribution in [2.45, 2.75) is 38.5 Å². The highest BCUT2D eigenvalue weighted by Crippen LogP contribution is 2.36. The number of carbonyl (C=O) groups excluding carboxylic acids is 2. The SMILES string of the molecule is NC(=O)c1c(NC(=S)NC(=O)c2ccccc2Br)sc2c1CCCCCC2. The van der Waals surface area contributed by atoms with E-state index >= 15 is 0 Å². The second-order valence-corrected chi connectivity index (χ2v) is 8.74. The van der Waals surface area contributed by atoms with Crippen LogP contribution in [0.3, 0.4) is 0 Å². The molecule has 1 aliphatic rings. The molecule has 4 N–H and O–H groups in total. The highest BCUT2D eigenvalue weighted by molar-refractivity contribution is 9.10. The quantitative estimate of drug-likeness (QED) is 0.586. The van der Waals surface area contributed by atoms with E-state index in [-0.39, 0.29) is 11.0 Å². The Bertz CT molecular complexity index is 895. The van der Waals surface area contributed by atoms with E-state index in [0.717, 1.165) is 37.7 Å².